The number of hydrogen-bond donors (Lipinski definition) is 1. The number of carbonyl (C=O) groups excluding carboxylic acids is 1. The second kappa shape index (κ2) is 6.83. The molecule has 106 valence electrons. The van der Waals surface area contributed by atoms with E-state index in [4.69, 9.17) is 5.11 Å². The summed E-state index contributed by atoms with van der Waals surface area (Å²) in [5, 5.41) is 9.11. The Hall–Kier alpha value is -1.19. The Bertz CT molecular complexity index is 398. The molecule has 1 N–H and O–H groups in total. The Morgan fingerprint density at radius 1 is 1.26 bits per heavy atom. The third kappa shape index (κ3) is 4.44. The molecule has 0 heterocycles. The molecule has 0 atom stereocenters. The molecule has 1 aromatic carbocycles. The van der Waals surface area contributed by atoms with Gasteiger partial charge in [0.1, 0.15) is 0 Å². The van der Waals surface area contributed by atoms with Gasteiger partial charge in [-0.2, -0.15) is 0 Å². The average Bonchev–Trinajstić information content (AvgIpc) is 2.38. The summed E-state index contributed by atoms with van der Waals surface area (Å²) in [5.74, 6) is 0.150. The molecule has 0 aliphatic heterocycles. The predicted molar refractivity (Wildman–Crippen MR) is 78.3 cm³/mol. The van der Waals surface area contributed by atoms with E-state index in [0.29, 0.717) is 19.1 Å². The summed E-state index contributed by atoms with van der Waals surface area (Å²) in [6.45, 7) is 9.47. The first-order chi connectivity index (χ1) is 8.88. The molecule has 3 heteroatoms. The minimum atomic E-state index is -0.458. The van der Waals surface area contributed by atoms with Crippen molar-refractivity contribution in [3.8, 4) is 0 Å². The molecule has 19 heavy (non-hydrogen) atoms. The number of hydrogen-bond acceptors (Lipinski definition) is 3. The lowest BCUT2D eigenvalue weighted by Crippen LogP contribution is -2.43. The van der Waals surface area contributed by atoms with Crippen LogP contribution < -0.4 is 0 Å². The summed E-state index contributed by atoms with van der Waals surface area (Å²) < 4.78 is 0. The standard InChI is InChI=1S/C16H25NO2/c1-13(2)17(10-11-18)12-16(3,4)15(19)14-8-6-5-7-9-14/h5-9,13,18H,10-12H2,1-4H3. The molecule has 3 nitrogen and oxygen atoms in total. The van der Waals surface area contributed by atoms with E-state index in [-0.39, 0.29) is 12.4 Å². The van der Waals surface area contributed by atoms with Crippen molar-refractivity contribution in [1.29, 1.82) is 0 Å². The van der Waals surface area contributed by atoms with E-state index in [1.807, 2.05) is 44.2 Å². The third-order valence-electron chi connectivity index (χ3n) is 3.37. The first-order valence-corrected chi connectivity index (χ1v) is 6.83. The quantitative estimate of drug-likeness (QED) is 0.769. The minimum Gasteiger partial charge on any atom is -0.395 e. The lowest BCUT2D eigenvalue weighted by atomic mass is 9.83. The van der Waals surface area contributed by atoms with Crippen molar-refractivity contribution in [2.75, 3.05) is 19.7 Å². The van der Waals surface area contributed by atoms with Crippen LogP contribution >= 0.6 is 0 Å². The van der Waals surface area contributed by atoms with Crippen molar-refractivity contribution >= 4 is 5.78 Å². The number of aliphatic hydroxyl groups is 1. The number of aliphatic hydroxyl groups excluding tert-OH is 1. The Balaban J connectivity index is 2.82. The Kier molecular flexibility index (Phi) is 5.70. The fraction of sp³-hybridized carbons (Fsp3) is 0.562. The fourth-order valence-electron chi connectivity index (χ4n) is 2.21. The summed E-state index contributed by atoms with van der Waals surface area (Å²) in [6, 6.07) is 9.71. The summed E-state index contributed by atoms with van der Waals surface area (Å²) in [6.07, 6.45) is 0. The van der Waals surface area contributed by atoms with E-state index in [9.17, 15) is 4.79 Å². The van der Waals surface area contributed by atoms with Crippen LogP contribution in [0.5, 0.6) is 0 Å². The molecule has 0 amide bonds. The molecule has 0 bridgehead atoms. The Morgan fingerprint density at radius 3 is 2.32 bits per heavy atom. The van der Waals surface area contributed by atoms with Gasteiger partial charge < -0.3 is 5.11 Å². The van der Waals surface area contributed by atoms with E-state index in [2.05, 4.69) is 18.7 Å². The minimum absolute atomic E-state index is 0.119. The van der Waals surface area contributed by atoms with Crippen LogP contribution in [-0.4, -0.2) is 41.5 Å². The molecular weight excluding hydrogens is 238 g/mol. The number of rotatable bonds is 7. The molecule has 0 saturated carbocycles. The van der Waals surface area contributed by atoms with Gasteiger partial charge >= 0.3 is 0 Å². The maximum absolute atomic E-state index is 12.5. The van der Waals surface area contributed by atoms with Crippen LogP contribution in [0.4, 0.5) is 0 Å². The lowest BCUT2D eigenvalue weighted by molar-refractivity contribution is 0.0698. The first-order valence-electron chi connectivity index (χ1n) is 6.83. The van der Waals surface area contributed by atoms with Crippen molar-refractivity contribution in [1.82, 2.24) is 4.90 Å². The van der Waals surface area contributed by atoms with Crippen LogP contribution in [-0.2, 0) is 0 Å². The topological polar surface area (TPSA) is 40.5 Å². The highest BCUT2D eigenvalue weighted by atomic mass is 16.3. The van der Waals surface area contributed by atoms with E-state index < -0.39 is 5.41 Å². The van der Waals surface area contributed by atoms with Gasteiger partial charge in [-0.3, -0.25) is 9.69 Å². The van der Waals surface area contributed by atoms with Gasteiger partial charge in [0.15, 0.2) is 5.78 Å². The average molecular weight is 263 g/mol. The third-order valence-corrected chi connectivity index (χ3v) is 3.37. The van der Waals surface area contributed by atoms with Gasteiger partial charge in [-0.25, -0.2) is 0 Å². The highest BCUT2D eigenvalue weighted by molar-refractivity contribution is 6.00. The van der Waals surface area contributed by atoms with E-state index >= 15 is 0 Å². The van der Waals surface area contributed by atoms with E-state index in [1.165, 1.54) is 0 Å². The predicted octanol–water partition coefficient (Wildman–Crippen LogP) is 2.60. The number of nitrogens with zero attached hydrogens (tertiary/aromatic N) is 1. The lowest BCUT2D eigenvalue weighted by Gasteiger charge is -2.34. The molecule has 0 spiro atoms. The SMILES string of the molecule is CC(C)N(CCO)CC(C)(C)C(=O)c1ccccc1. The second-order valence-corrected chi connectivity index (χ2v) is 5.87. The molecule has 0 saturated heterocycles. The Morgan fingerprint density at radius 2 is 1.84 bits per heavy atom. The Labute approximate surface area is 116 Å². The second-order valence-electron chi connectivity index (χ2n) is 5.87. The van der Waals surface area contributed by atoms with Gasteiger partial charge in [0.05, 0.1) is 6.61 Å². The van der Waals surface area contributed by atoms with Crippen molar-refractivity contribution in [2.24, 2.45) is 5.41 Å². The van der Waals surface area contributed by atoms with Gasteiger partial charge in [-0.05, 0) is 13.8 Å². The van der Waals surface area contributed by atoms with Crippen LogP contribution in [0, 0.1) is 5.41 Å². The zero-order valence-corrected chi connectivity index (χ0v) is 12.4. The van der Waals surface area contributed by atoms with Crippen molar-refractivity contribution < 1.29 is 9.90 Å². The summed E-state index contributed by atoms with van der Waals surface area (Å²) >= 11 is 0. The van der Waals surface area contributed by atoms with Gasteiger partial charge in [0.25, 0.3) is 0 Å². The van der Waals surface area contributed by atoms with Crippen molar-refractivity contribution in [2.45, 2.75) is 33.7 Å². The monoisotopic (exact) mass is 263 g/mol. The van der Waals surface area contributed by atoms with Gasteiger partial charge in [0, 0.05) is 30.1 Å². The van der Waals surface area contributed by atoms with Crippen LogP contribution in [0.2, 0.25) is 0 Å². The van der Waals surface area contributed by atoms with Crippen LogP contribution in [0.15, 0.2) is 30.3 Å². The highest BCUT2D eigenvalue weighted by Gasteiger charge is 2.31. The van der Waals surface area contributed by atoms with Crippen LogP contribution in [0.1, 0.15) is 38.1 Å². The summed E-state index contributed by atoms with van der Waals surface area (Å²) in [5.41, 5.74) is 0.293. The van der Waals surface area contributed by atoms with Crippen molar-refractivity contribution in [3.63, 3.8) is 0 Å². The zero-order chi connectivity index (χ0) is 14.5. The van der Waals surface area contributed by atoms with Crippen LogP contribution in [0.25, 0.3) is 0 Å². The van der Waals surface area contributed by atoms with Gasteiger partial charge in [-0.1, -0.05) is 44.2 Å². The molecule has 0 fully saturated rings. The van der Waals surface area contributed by atoms with Gasteiger partial charge in [-0.15, -0.1) is 0 Å². The molecule has 1 aromatic rings. The highest BCUT2D eigenvalue weighted by Crippen LogP contribution is 2.24. The molecule has 0 aliphatic carbocycles. The van der Waals surface area contributed by atoms with E-state index in [1.54, 1.807) is 0 Å². The number of Topliss-reactive ketones (excluding diaryl/α,β-unsaturated/α-hetero) is 1. The molecule has 1 rings (SSSR count). The van der Waals surface area contributed by atoms with E-state index in [0.717, 1.165) is 5.56 Å². The zero-order valence-electron chi connectivity index (χ0n) is 12.4. The molecule has 0 unspecified atom stereocenters. The number of carbonyl (C=O) groups is 1. The number of ketones is 1. The summed E-state index contributed by atoms with van der Waals surface area (Å²) in [4.78, 5) is 14.7. The fourth-order valence-corrected chi connectivity index (χ4v) is 2.21. The van der Waals surface area contributed by atoms with Crippen LogP contribution in [0.3, 0.4) is 0 Å². The molecular formula is C16H25NO2. The largest absolute Gasteiger partial charge is 0.395 e. The maximum atomic E-state index is 12.5. The first kappa shape index (κ1) is 15.9. The molecule has 0 aromatic heterocycles. The van der Waals surface area contributed by atoms with Crippen molar-refractivity contribution in [3.05, 3.63) is 35.9 Å². The number of benzene rings is 1. The maximum Gasteiger partial charge on any atom is 0.169 e. The summed E-state index contributed by atoms with van der Waals surface area (Å²) in [7, 11) is 0. The smallest absolute Gasteiger partial charge is 0.169 e. The van der Waals surface area contributed by atoms with Gasteiger partial charge in [0.2, 0.25) is 0 Å². The normalized spacial score (nSPS) is 12.2. The molecule has 0 radical (unpaired) electrons. The molecule has 0 aliphatic rings.